The van der Waals surface area contributed by atoms with E-state index in [1.54, 1.807) is 33.0 Å². The maximum atomic E-state index is 13.6. The summed E-state index contributed by atoms with van der Waals surface area (Å²) in [5, 5.41) is 35.5. The molecule has 4 amide bonds. The van der Waals surface area contributed by atoms with E-state index in [0.717, 1.165) is 17.9 Å². The highest BCUT2D eigenvalue weighted by Crippen LogP contribution is 2.30. The predicted octanol–water partition coefficient (Wildman–Crippen LogP) is 3.09. The first-order chi connectivity index (χ1) is 27.1. The number of hydrogen-bond donors (Lipinski definition) is 6. The van der Waals surface area contributed by atoms with Crippen LogP contribution in [0.2, 0.25) is 0 Å². The third-order valence-corrected chi connectivity index (χ3v) is 8.70. The molecular weight excluding hydrogens is 750 g/mol. The SMILES string of the molecule is CCCCC[C@@H](C(=O)NCNC(=O)c1ccc(-c2ccc(C(=O)N[C@@H](CC(=O)O)C(=O)O)c(OCC(=O)O)c2)o1)[C@@H](CC)N(C=O)OC(=O)c1c(C)ccnc1C. The van der Waals surface area contributed by atoms with Gasteiger partial charge in [0, 0.05) is 11.8 Å². The fraction of sp³-hybridized carbons (Fsp3) is 0.395. The number of aliphatic carboxylic acids is 3. The van der Waals surface area contributed by atoms with Crippen molar-refractivity contribution in [3.63, 3.8) is 0 Å². The molecular formula is C38H45N5O14. The van der Waals surface area contributed by atoms with Gasteiger partial charge in [0.25, 0.3) is 11.8 Å². The van der Waals surface area contributed by atoms with Crippen molar-refractivity contribution in [3.8, 4) is 17.1 Å². The number of aromatic nitrogens is 1. The van der Waals surface area contributed by atoms with E-state index < -0.39 is 72.6 Å². The van der Waals surface area contributed by atoms with Gasteiger partial charge in [0.05, 0.1) is 41.9 Å². The van der Waals surface area contributed by atoms with Gasteiger partial charge in [-0.3, -0.25) is 29.0 Å². The number of benzene rings is 1. The van der Waals surface area contributed by atoms with Crippen LogP contribution in [-0.2, 0) is 28.8 Å². The van der Waals surface area contributed by atoms with Gasteiger partial charge in [-0.15, -0.1) is 0 Å². The number of rotatable bonds is 23. The van der Waals surface area contributed by atoms with Gasteiger partial charge < -0.3 is 45.3 Å². The van der Waals surface area contributed by atoms with Gasteiger partial charge in [-0.2, -0.15) is 5.06 Å². The first-order valence-electron chi connectivity index (χ1n) is 17.9. The number of aryl methyl sites for hydroxylation is 2. The van der Waals surface area contributed by atoms with Crippen molar-refractivity contribution in [2.45, 2.75) is 78.3 Å². The maximum Gasteiger partial charge on any atom is 0.365 e. The van der Waals surface area contributed by atoms with Crippen LogP contribution in [0.4, 0.5) is 0 Å². The van der Waals surface area contributed by atoms with Crippen LogP contribution in [0.5, 0.6) is 5.75 Å². The second kappa shape index (κ2) is 21.3. The topological polar surface area (TPSA) is 281 Å². The van der Waals surface area contributed by atoms with Gasteiger partial charge in [-0.05, 0) is 62.6 Å². The fourth-order valence-electron chi connectivity index (χ4n) is 5.84. The van der Waals surface area contributed by atoms with E-state index in [2.05, 4.69) is 20.9 Å². The molecule has 19 nitrogen and oxygen atoms in total. The molecule has 306 valence electrons. The molecule has 2 aromatic heterocycles. The lowest BCUT2D eigenvalue weighted by Gasteiger charge is -2.32. The standard InChI is InChI=1S/C38H45N5O14/c1-5-7-8-9-24(27(6-2)43(20-44)57-38(54)33-21(3)14-15-39-22(33)4)34(49)40-19-41-36(51)29-13-12-28(56-29)23-10-11-25(30(16-23)55-18-32(47)48)35(50)42-26(37(52)53)17-31(45)46/h10-16,20,24,26-27H,5-9,17-19H2,1-4H3,(H,40,49)(H,41,51)(H,42,50)(H,45,46)(H,47,48)(H,52,53)/t24-,26+,27-/m1/s1. The summed E-state index contributed by atoms with van der Waals surface area (Å²) < 4.78 is 10.9. The Morgan fingerprint density at radius 2 is 1.67 bits per heavy atom. The van der Waals surface area contributed by atoms with Crippen LogP contribution in [0, 0.1) is 19.8 Å². The van der Waals surface area contributed by atoms with Crippen molar-refractivity contribution < 1.29 is 67.7 Å². The predicted molar refractivity (Wildman–Crippen MR) is 198 cm³/mol. The number of hydrogen-bond acceptors (Lipinski definition) is 12. The Bertz CT molecular complexity index is 1940. The minimum Gasteiger partial charge on any atom is -0.481 e. The van der Waals surface area contributed by atoms with E-state index >= 15 is 0 Å². The third-order valence-electron chi connectivity index (χ3n) is 8.70. The van der Waals surface area contributed by atoms with Gasteiger partial charge in [-0.25, -0.2) is 14.4 Å². The van der Waals surface area contributed by atoms with Crippen molar-refractivity contribution >= 4 is 48.0 Å². The van der Waals surface area contributed by atoms with Crippen LogP contribution in [0.15, 0.2) is 47.0 Å². The van der Waals surface area contributed by atoms with Gasteiger partial charge >= 0.3 is 23.9 Å². The zero-order valence-corrected chi connectivity index (χ0v) is 31.7. The first-order valence-corrected chi connectivity index (χ1v) is 17.9. The highest BCUT2D eigenvalue weighted by atomic mass is 16.7. The highest BCUT2D eigenvalue weighted by molar-refractivity contribution is 6.00. The molecule has 3 rings (SSSR count). The number of carbonyl (C=O) groups excluding carboxylic acids is 5. The van der Waals surface area contributed by atoms with Gasteiger partial charge in [0.1, 0.15) is 17.6 Å². The quantitative estimate of drug-likeness (QED) is 0.0348. The Morgan fingerprint density at radius 3 is 2.28 bits per heavy atom. The number of carbonyl (C=O) groups is 8. The first kappa shape index (κ1) is 44.6. The lowest BCUT2D eigenvalue weighted by atomic mass is 9.90. The summed E-state index contributed by atoms with van der Waals surface area (Å²) >= 11 is 0. The third kappa shape index (κ3) is 12.6. The summed E-state index contributed by atoms with van der Waals surface area (Å²) in [6.07, 6.45) is 3.87. The van der Waals surface area contributed by atoms with Gasteiger partial charge in [0.15, 0.2) is 12.4 Å². The molecule has 3 aromatic rings. The smallest absolute Gasteiger partial charge is 0.365 e. The zero-order chi connectivity index (χ0) is 42.2. The molecule has 3 atom stereocenters. The summed E-state index contributed by atoms with van der Waals surface area (Å²) in [7, 11) is 0. The molecule has 0 spiro atoms. The Balaban J connectivity index is 1.74. The maximum absolute atomic E-state index is 13.6. The number of carboxylic acid groups (broad SMARTS) is 3. The number of amides is 4. The molecule has 0 saturated heterocycles. The van der Waals surface area contributed by atoms with E-state index in [-0.39, 0.29) is 47.0 Å². The monoisotopic (exact) mass is 795 g/mol. The van der Waals surface area contributed by atoms with Gasteiger partial charge in [0.2, 0.25) is 12.3 Å². The van der Waals surface area contributed by atoms with E-state index in [0.29, 0.717) is 30.5 Å². The van der Waals surface area contributed by atoms with E-state index in [1.807, 2.05) is 6.92 Å². The van der Waals surface area contributed by atoms with Crippen LogP contribution < -0.4 is 20.7 Å². The zero-order valence-electron chi connectivity index (χ0n) is 31.7. The second-order valence-electron chi connectivity index (χ2n) is 12.8. The van der Waals surface area contributed by atoms with Crippen LogP contribution in [0.25, 0.3) is 11.3 Å². The molecule has 6 N–H and O–H groups in total. The molecule has 0 radical (unpaired) electrons. The normalized spacial score (nSPS) is 12.3. The average Bonchev–Trinajstić information content (AvgIpc) is 3.66. The molecule has 1 aromatic carbocycles. The second-order valence-corrected chi connectivity index (χ2v) is 12.8. The number of ether oxygens (including phenoxy) is 1. The lowest BCUT2D eigenvalue weighted by Crippen LogP contribution is -2.49. The summed E-state index contributed by atoms with van der Waals surface area (Å²) in [5.41, 5.74) is 1.13. The van der Waals surface area contributed by atoms with E-state index in [1.165, 1.54) is 30.3 Å². The Labute approximate surface area is 326 Å². The van der Waals surface area contributed by atoms with E-state index in [9.17, 15) is 43.5 Å². The summed E-state index contributed by atoms with van der Waals surface area (Å²) in [5.74, 6) is -8.82. The Morgan fingerprint density at radius 1 is 0.930 bits per heavy atom. The molecule has 57 heavy (non-hydrogen) atoms. The molecule has 0 aliphatic heterocycles. The number of carboxylic acids is 3. The molecule has 0 aliphatic carbocycles. The number of pyridine rings is 1. The fourth-order valence-corrected chi connectivity index (χ4v) is 5.84. The molecule has 0 unspecified atom stereocenters. The average molecular weight is 796 g/mol. The number of unbranched alkanes of at least 4 members (excludes halogenated alkanes) is 2. The lowest BCUT2D eigenvalue weighted by molar-refractivity contribution is -0.171. The van der Waals surface area contributed by atoms with Crippen molar-refractivity contribution in [2.24, 2.45) is 5.92 Å². The summed E-state index contributed by atoms with van der Waals surface area (Å²) in [4.78, 5) is 108. The Kier molecular flexibility index (Phi) is 16.7. The van der Waals surface area contributed by atoms with Crippen molar-refractivity contribution in [1.82, 2.24) is 26.0 Å². The Hall–Kier alpha value is -6.79. The van der Waals surface area contributed by atoms with Crippen molar-refractivity contribution in [1.29, 1.82) is 0 Å². The number of furan rings is 1. The van der Waals surface area contributed by atoms with Crippen LogP contribution in [0.3, 0.4) is 0 Å². The van der Waals surface area contributed by atoms with Crippen molar-refractivity contribution in [3.05, 3.63) is 70.7 Å². The molecule has 0 fully saturated rings. The molecule has 0 bridgehead atoms. The summed E-state index contributed by atoms with van der Waals surface area (Å²) in [6, 6.07) is 5.46. The number of nitrogens with zero attached hydrogens (tertiary/aromatic N) is 2. The van der Waals surface area contributed by atoms with Crippen LogP contribution >= 0.6 is 0 Å². The molecule has 0 saturated carbocycles. The van der Waals surface area contributed by atoms with E-state index in [4.69, 9.17) is 24.2 Å². The van der Waals surface area contributed by atoms with Crippen LogP contribution in [0.1, 0.15) is 94.9 Å². The van der Waals surface area contributed by atoms with Crippen LogP contribution in [-0.4, -0.2) is 98.7 Å². The molecule has 2 heterocycles. The van der Waals surface area contributed by atoms with Gasteiger partial charge in [-0.1, -0.05) is 39.2 Å². The largest absolute Gasteiger partial charge is 0.481 e. The van der Waals surface area contributed by atoms with Crippen molar-refractivity contribution in [2.75, 3.05) is 13.3 Å². The highest BCUT2D eigenvalue weighted by Gasteiger charge is 2.34. The molecule has 0 aliphatic rings. The summed E-state index contributed by atoms with van der Waals surface area (Å²) in [6.45, 7) is 5.84. The minimum atomic E-state index is -1.79. The molecule has 19 heteroatoms. The minimum absolute atomic E-state index is 0.0764. The number of nitrogens with one attached hydrogen (secondary N) is 3. The number of hydroxylamine groups is 2.